The Bertz CT molecular complexity index is 517. The van der Waals surface area contributed by atoms with Crippen LogP contribution in [0.25, 0.3) is 0 Å². The molecule has 0 aliphatic rings. The van der Waals surface area contributed by atoms with Crippen LogP contribution in [0.3, 0.4) is 0 Å². The number of rotatable bonds is 3. The molecule has 0 amide bonds. The average molecular weight is 247 g/mol. The minimum Gasteiger partial charge on any atom is -0.387 e. The molecule has 2 aromatic rings. The fourth-order valence-electron chi connectivity index (χ4n) is 1.69. The van der Waals surface area contributed by atoms with E-state index in [9.17, 15) is 5.11 Å². The van der Waals surface area contributed by atoms with Crippen molar-refractivity contribution in [1.29, 1.82) is 0 Å². The Kier molecular flexibility index (Phi) is 3.60. The number of nitrogens with zero attached hydrogens (tertiary/aromatic N) is 1. The minimum atomic E-state index is -0.472. The maximum absolute atomic E-state index is 9.43. The van der Waals surface area contributed by atoms with Crippen LogP contribution in [0.15, 0.2) is 23.6 Å². The summed E-state index contributed by atoms with van der Waals surface area (Å²) in [6.45, 7) is 5.99. The zero-order valence-electron chi connectivity index (χ0n) is 10.4. The maximum Gasteiger partial charge on any atom is 0.0973 e. The predicted octanol–water partition coefficient (Wildman–Crippen LogP) is 3.40. The summed E-state index contributed by atoms with van der Waals surface area (Å²) in [6.07, 6.45) is 0.373. The summed E-state index contributed by atoms with van der Waals surface area (Å²) in [7, 11) is 0. The van der Waals surface area contributed by atoms with Crippen LogP contribution in [-0.2, 0) is 6.42 Å². The van der Waals surface area contributed by atoms with Gasteiger partial charge in [-0.1, -0.05) is 18.2 Å². The number of hydrogen-bond acceptors (Lipinski definition) is 3. The third-order valence-corrected chi connectivity index (χ3v) is 3.79. The zero-order chi connectivity index (χ0) is 12.4. The first kappa shape index (κ1) is 12.3. The highest BCUT2D eigenvalue weighted by atomic mass is 32.1. The highest BCUT2D eigenvalue weighted by Crippen LogP contribution is 2.20. The molecule has 2 nitrogen and oxygen atoms in total. The third-order valence-electron chi connectivity index (χ3n) is 2.92. The molecule has 1 heterocycles. The molecule has 1 aromatic heterocycles. The Morgan fingerprint density at radius 3 is 2.65 bits per heavy atom. The van der Waals surface area contributed by atoms with E-state index in [1.54, 1.807) is 18.3 Å². The molecule has 0 spiro atoms. The van der Waals surface area contributed by atoms with E-state index < -0.39 is 6.10 Å². The fourth-order valence-corrected chi connectivity index (χ4v) is 2.60. The van der Waals surface area contributed by atoms with E-state index in [0.29, 0.717) is 0 Å². The summed E-state index contributed by atoms with van der Waals surface area (Å²) in [5.41, 5.74) is 4.68. The summed E-state index contributed by atoms with van der Waals surface area (Å²) in [5, 5.41) is 12.4. The quantitative estimate of drug-likeness (QED) is 0.901. The normalized spacial score (nSPS) is 12.7. The van der Waals surface area contributed by atoms with Gasteiger partial charge in [0, 0.05) is 11.8 Å². The van der Waals surface area contributed by atoms with Gasteiger partial charge in [-0.05, 0) is 37.5 Å². The van der Waals surface area contributed by atoms with E-state index in [0.717, 1.165) is 17.1 Å². The maximum atomic E-state index is 9.43. The van der Waals surface area contributed by atoms with Gasteiger partial charge < -0.3 is 5.11 Å². The molecule has 1 unspecified atom stereocenters. The van der Waals surface area contributed by atoms with Crippen LogP contribution in [0, 0.1) is 13.8 Å². The monoisotopic (exact) mass is 247 g/mol. The average Bonchev–Trinajstić information content (AvgIpc) is 2.72. The highest BCUT2D eigenvalue weighted by Gasteiger charge is 2.07. The van der Waals surface area contributed by atoms with Crippen LogP contribution < -0.4 is 0 Å². The fraction of sp³-hybridized carbons (Fsp3) is 0.357. The molecule has 0 radical (unpaired) electrons. The molecule has 1 atom stereocenters. The smallest absolute Gasteiger partial charge is 0.0973 e. The number of aliphatic hydroxyl groups is 1. The van der Waals surface area contributed by atoms with Gasteiger partial charge in [-0.25, -0.2) is 4.98 Å². The molecule has 0 fully saturated rings. The van der Waals surface area contributed by atoms with Crippen LogP contribution in [0.4, 0.5) is 0 Å². The summed E-state index contributed by atoms with van der Waals surface area (Å²) >= 11 is 1.61. The lowest BCUT2D eigenvalue weighted by atomic mass is 10.0. The second-order valence-corrected chi connectivity index (χ2v) is 5.38. The summed E-state index contributed by atoms with van der Waals surface area (Å²) in [4.78, 5) is 4.43. The molecule has 0 saturated carbocycles. The van der Waals surface area contributed by atoms with E-state index in [4.69, 9.17) is 0 Å². The van der Waals surface area contributed by atoms with Gasteiger partial charge in [-0.3, -0.25) is 0 Å². The third kappa shape index (κ3) is 2.93. The molecule has 2 rings (SSSR count). The summed E-state index contributed by atoms with van der Waals surface area (Å²) in [6, 6.07) is 6.50. The molecule has 1 N–H and O–H groups in total. The zero-order valence-corrected chi connectivity index (χ0v) is 11.2. The van der Waals surface area contributed by atoms with Gasteiger partial charge in [0.05, 0.1) is 16.8 Å². The largest absolute Gasteiger partial charge is 0.387 e. The number of aryl methyl sites for hydroxylation is 2. The summed E-state index contributed by atoms with van der Waals surface area (Å²) < 4.78 is 0. The lowest BCUT2D eigenvalue weighted by molar-refractivity contribution is 0.195. The van der Waals surface area contributed by atoms with E-state index in [1.807, 2.05) is 5.38 Å². The topological polar surface area (TPSA) is 33.1 Å². The molecule has 90 valence electrons. The van der Waals surface area contributed by atoms with Crippen LogP contribution in [0.2, 0.25) is 0 Å². The summed E-state index contributed by atoms with van der Waals surface area (Å²) in [5.74, 6) is 0. The Balaban J connectivity index is 2.16. The van der Waals surface area contributed by atoms with Crippen LogP contribution in [0.5, 0.6) is 0 Å². The van der Waals surface area contributed by atoms with Gasteiger partial charge in [0.25, 0.3) is 0 Å². The Morgan fingerprint density at radius 1 is 1.29 bits per heavy atom. The van der Waals surface area contributed by atoms with Crippen LogP contribution >= 0.6 is 11.3 Å². The molecule has 17 heavy (non-hydrogen) atoms. The lowest BCUT2D eigenvalue weighted by Crippen LogP contribution is -1.93. The molecule has 0 aliphatic carbocycles. The molecule has 0 saturated heterocycles. The van der Waals surface area contributed by atoms with Gasteiger partial charge in [0.15, 0.2) is 0 Å². The predicted molar refractivity (Wildman–Crippen MR) is 71.5 cm³/mol. The van der Waals surface area contributed by atoms with Gasteiger partial charge in [-0.15, -0.1) is 11.3 Å². The molecular weight excluding hydrogens is 230 g/mol. The molecule has 1 aromatic carbocycles. The number of aliphatic hydroxyl groups excluding tert-OH is 1. The van der Waals surface area contributed by atoms with E-state index in [-0.39, 0.29) is 0 Å². The molecular formula is C14H17NOS. The van der Waals surface area contributed by atoms with Crippen molar-refractivity contribution in [2.24, 2.45) is 0 Å². The van der Waals surface area contributed by atoms with Gasteiger partial charge >= 0.3 is 0 Å². The van der Waals surface area contributed by atoms with Crippen molar-refractivity contribution < 1.29 is 5.11 Å². The Labute approximate surface area is 106 Å². The van der Waals surface area contributed by atoms with Crippen LogP contribution in [-0.4, -0.2) is 10.1 Å². The number of thiazole rings is 1. The SMILES string of the molecule is Cc1ccc(Cc2nc(C(C)O)cs2)cc1C. The van der Waals surface area contributed by atoms with Gasteiger partial charge in [0.1, 0.15) is 0 Å². The van der Waals surface area contributed by atoms with Crippen LogP contribution in [0.1, 0.15) is 40.4 Å². The van der Waals surface area contributed by atoms with Crippen molar-refractivity contribution in [3.63, 3.8) is 0 Å². The highest BCUT2D eigenvalue weighted by molar-refractivity contribution is 7.09. The van der Waals surface area contributed by atoms with Gasteiger partial charge in [-0.2, -0.15) is 0 Å². The standard InChI is InChI=1S/C14H17NOS/c1-9-4-5-12(6-10(9)2)7-14-15-13(8-17-14)11(3)16/h4-6,8,11,16H,7H2,1-3H3. The minimum absolute atomic E-state index is 0.472. The molecule has 0 bridgehead atoms. The Morgan fingerprint density at radius 2 is 2.06 bits per heavy atom. The van der Waals surface area contributed by atoms with Crippen molar-refractivity contribution >= 4 is 11.3 Å². The second kappa shape index (κ2) is 4.98. The van der Waals surface area contributed by atoms with Crippen molar-refractivity contribution in [2.75, 3.05) is 0 Å². The van der Waals surface area contributed by atoms with Crippen molar-refractivity contribution in [1.82, 2.24) is 4.98 Å². The van der Waals surface area contributed by atoms with Crippen molar-refractivity contribution in [2.45, 2.75) is 33.3 Å². The van der Waals surface area contributed by atoms with E-state index in [2.05, 4.69) is 37.0 Å². The van der Waals surface area contributed by atoms with E-state index in [1.165, 1.54) is 16.7 Å². The van der Waals surface area contributed by atoms with E-state index >= 15 is 0 Å². The van der Waals surface area contributed by atoms with Gasteiger partial charge in [0.2, 0.25) is 0 Å². The second-order valence-electron chi connectivity index (χ2n) is 4.44. The first-order valence-corrected chi connectivity index (χ1v) is 6.62. The first-order chi connectivity index (χ1) is 8.06. The van der Waals surface area contributed by atoms with Crippen molar-refractivity contribution in [3.8, 4) is 0 Å². The number of aromatic nitrogens is 1. The molecule has 3 heteroatoms. The number of hydrogen-bond donors (Lipinski definition) is 1. The van der Waals surface area contributed by atoms with Crippen molar-refractivity contribution in [3.05, 3.63) is 51.0 Å². The first-order valence-electron chi connectivity index (χ1n) is 5.75. The molecule has 0 aliphatic heterocycles. The Hall–Kier alpha value is -1.19. The lowest BCUT2D eigenvalue weighted by Gasteiger charge is -2.03. The number of benzene rings is 1.